The van der Waals surface area contributed by atoms with E-state index in [0.29, 0.717) is 0 Å². The van der Waals surface area contributed by atoms with Crippen LogP contribution in [0.2, 0.25) is 5.02 Å². The molecule has 1 heterocycles. The van der Waals surface area contributed by atoms with E-state index in [1.54, 1.807) is 29.1 Å². The van der Waals surface area contributed by atoms with Gasteiger partial charge >= 0.3 is 5.97 Å². The summed E-state index contributed by atoms with van der Waals surface area (Å²) >= 11 is 5.91. The minimum absolute atomic E-state index is 0.0787. The predicted octanol–water partition coefficient (Wildman–Crippen LogP) is 3.89. The third-order valence-corrected chi connectivity index (χ3v) is 3.47. The van der Waals surface area contributed by atoms with Crippen LogP contribution in [0, 0.1) is 0 Å². The molecule has 5 heteroatoms. The first kappa shape index (κ1) is 13.4. The van der Waals surface area contributed by atoms with E-state index < -0.39 is 5.97 Å². The Balaban J connectivity index is 2.13. The molecule has 0 unspecified atom stereocenters. The van der Waals surface area contributed by atoms with Crippen LogP contribution in [-0.2, 0) is 0 Å². The number of rotatable bonds is 3. The lowest BCUT2D eigenvalue weighted by Crippen LogP contribution is -2.01. The Kier molecular flexibility index (Phi) is 3.46. The van der Waals surface area contributed by atoms with Gasteiger partial charge in [0.05, 0.1) is 28.2 Å². The highest BCUT2D eigenvalue weighted by atomic mass is 35.5. The number of nitrogens with zero attached hydrogens (tertiary/aromatic N) is 2. The van der Waals surface area contributed by atoms with Crippen molar-refractivity contribution < 1.29 is 9.90 Å². The number of carboxylic acid groups (broad SMARTS) is 1. The minimum Gasteiger partial charge on any atom is -0.478 e. The predicted molar refractivity (Wildman–Crippen MR) is 81.0 cm³/mol. The SMILES string of the molecule is O=C(O)c1cc(-c2ccnn2-c2ccccc2)ccc1Cl. The zero-order valence-electron chi connectivity index (χ0n) is 10.9. The van der Waals surface area contributed by atoms with Crippen molar-refractivity contribution in [1.82, 2.24) is 9.78 Å². The average molecular weight is 299 g/mol. The topological polar surface area (TPSA) is 55.1 Å². The van der Waals surface area contributed by atoms with Crippen LogP contribution in [0.15, 0.2) is 60.8 Å². The molecular formula is C16H11ClN2O2. The Morgan fingerprint density at radius 2 is 1.86 bits per heavy atom. The van der Waals surface area contributed by atoms with E-state index in [9.17, 15) is 4.79 Å². The molecule has 0 aliphatic heterocycles. The molecule has 4 nitrogen and oxygen atoms in total. The highest BCUT2D eigenvalue weighted by molar-refractivity contribution is 6.33. The van der Waals surface area contributed by atoms with E-state index in [1.165, 1.54) is 0 Å². The van der Waals surface area contributed by atoms with Gasteiger partial charge < -0.3 is 5.11 Å². The maximum Gasteiger partial charge on any atom is 0.337 e. The molecule has 2 aromatic carbocycles. The van der Waals surface area contributed by atoms with Crippen LogP contribution in [0.5, 0.6) is 0 Å². The maximum atomic E-state index is 11.2. The number of benzene rings is 2. The molecule has 0 aliphatic rings. The zero-order valence-corrected chi connectivity index (χ0v) is 11.7. The number of aromatic nitrogens is 2. The van der Waals surface area contributed by atoms with Gasteiger partial charge in [0.15, 0.2) is 0 Å². The van der Waals surface area contributed by atoms with Crippen LogP contribution < -0.4 is 0 Å². The second kappa shape index (κ2) is 5.42. The van der Waals surface area contributed by atoms with Crippen LogP contribution in [0.4, 0.5) is 0 Å². The molecule has 104 valence electrons. The van der Waals surface area contributed by atoms with E-state index in [0.717, 1.165) is 16.9 Å². The number of aromatic carboxylic acids is 1. The van der Waals surface area contributed by atoms with E-state index in [2.05, 4.69) is 5.10 Å². The van der Waals surface area contributed by atoms with Crippen molar-refractivity contribution in [2.75, 3.05) is 0 Å². The van der Waals surface area contributed by atoms with Gasteiger partial charge in [-0.15, -0.1) is 0 Å². The summed E-state index contributed by atoms with van der Waals surface area (Å²) < 4.78 is 1.76. The van der Waals surface area contributed by atoms with E-state index in [1.807, 2.05) is 36.4 Å². The normalized spacial score (nSPS) is 10.5. The van der Waals surface area contributed by atoms with Crippen molar-refractivity contribution in [3.8, 4) is 16.9 Å². The summed E-state index contributed by atoms with van der Waals surface area (Å²) in [5.41, 5.74) is 2.54. The van der Waals surface area contributed by atoms with E-state index in [-0.39, 0.29) is 10.6 Å². The van der Waals surface area contributed by atoms with Crippen molar-refractivity contribution in [2.45, 2.75) is 0 Å². The van der Waals surface area contributed by atoms with Crippen LogP contribution in [0.1, 0.15) is 10.4 Å². The highest BCUT2D eigenvalue weighted by Crippen LogP contribution is 2.26. The minimum atomic E-state index is -1.05. The van der Waals surface area contributed by atoms with Gasteiger partial charge in [-0.25, -0.2) is 9.48 Å². The Morgan fingerprint density at radius 1 is 1.10 bits per heavy atom. The molecular weight excluding hydrogens is 288 g/mol. The highest BCUT2D eigenvalue weighted by Gasteiger charge is 2.13. The largest absolute Gasteiger partial charge is 0.478 e. The zero-order chi connectivity index (χ0) is 14.8. The van der Waals surface area contributed by atoms with Crippen molar-refractivity contribution in [2.24, 2.45) is 0 Å². The Morgan fingerprint density at radius 3 is 2.57 bits per heavy atom. The molecule has 0 amide bonds. The van der Waals surface area contributed by atoms with Crippen molar-refractivity contribution in [1.29, 1.82) is 0 Å². The third-order valence-electron chi connectivity index (χ3n) is 3.14. The van der Waals surface area contributed by atoms with Gasteiger partial charge in [-0.3, -0.25) is 0 Å². The number of carbonyl (C=O) groups is 1. The Labute approximate surface area is 126 Å². The second-order valence-electron chi connectivity index (χ2n) is 4.46. The van der Waals surface area contributed by atoms with Crippen LogP contribution in [0.3, 0.4) is 0 Å². The monoisotopic (exact) mass is 298 g/mol. The summed E-state index contributed by atoms with van der Waals surface area (Å²) in [6.45, 7) is 0. The molecule has 0 saturated carbocycles. The molecule has 0 atom stereocenters. The molecule has 3 aromatic rings. The summed E-state index contributed by atoms with van der Waals surface area (Å²) in [6, 6.07) is 16.4. The summed E-state index contributed by atoms with van der Waals surface area (Å²) in [6.07, 6.45) is 1.68. The fourth-order valence-corrected chi connectivity index (χ4v) is 2.34. The number of halogens is 1. The molecule has 1 N–H and O–H groups in total. The molecule has 3 rings (SSSR count). The van der Waals surface area contributed by atoms with E-state index >= 15 is 0 Å². The average Bonchev–Trinajstić information content (AvgIpc) is 2.98. The third kappa shape index (κ3) is 2.53. The first-order chi connectivity index (χ1) is 10.2. The lowest BCUT2D eigenvalue weighted by atomic mass is 10.1. The molecule has 21 heavy (non-hydrogen) atoms. The summed E-state index contributed by atoms with van der Waals surface area (Å²) in [5.74, 6) is -1.05. The van der Waals surface area contributed by atoms with Crippen molar-refractivity contribution in [3.05, 3.63) is 71.4 Å². The number of carboxylic acids is 1. The van der Waals surface area contributed by atoms with Crippen molar-refractivity contribution in [3.63, 3.8) is 0 Å². The smallest absolute Gasteiger partial charge is 0.337 e. The number of hydrogen-bond acceptors (Lipinski definition) is 2. The lowest BCUT2D eigenvalue weighted by molar-refractivity contribution is 0.0697. The number of para-hydroxylation sites is 1. The molecule has 0 aliphatic carbocycles. The summed E-state index contributed by atoms with van der Waals surface area (Å²) in [4.78, 5) is 11.2. The molecule has 0 radical (unpaired) electrons. The van der Waals surface area contributed by atoms with Gasteiger partial charge in [0.1, 0.15) is 0 Å². The quantitative estimate of drug-likeness (QED) is 0.798. The molecule has 0 saturated heterocycles. The number of hydrogen-bond donors (Lipinski definition) is 1. The molecule has 0 spiro atoms. The van der Waals surface area contributed by atoms with Gasteiger partial charge in [0, 0.05) is 5.56 Å². The first-order valence-corrected chi connectivity index (χ1v) is 6.67. The van der Waals surface area contributed by atoms with Gasteiger partial charge in [-0.2, -0.15) is 5.10 Å². The second-order valence-corrected chi connectivity index (χ2v) is 4.87. The summed E-state index contributed by atoms with van der Waals surface area (Å²) in [5, 5.41) is 13.7. The van der Waals surface area contributed by atoms with Crippen LogP contribution in [0.25, 0.3) is 16.9 Å². The lowest BCUT2D eigenvalue weighted by Gasteiger charge is -2.09. The van der Waals surface area contributed by atoms with Gasteiger partial charge in [-0.1, -0.05) is 35.9 Å². The standard InChI is InChI=1S/C16H11ClN2O2/c17-14-7-6-11(10-13(14)16(20)21)15-8-9-18-19(15)12-4-2-1-3-5-12/h1-10H,(H,20,21). The van der Waals surface area contributed by atoms with E-state index in [4.69, 9.17) is 16.7 Å². The maximum absolute atomic E-state index is 11.2. The first-order valence-electron chi connectivity index (χ1n) is 6.29. The van der Waals surface area contributed by atoms with Gasteiger partial charge in [0.2, 0.25) is 0 Å². The van der Waals surface area contributed by atoms with Crippen LogP contribution >= 0.6 is 11.6 Å². The summed E-state index contributed by atoms with van der Waals surface area (Å²) in [7, 11) is 0. The Hall–Kier alpha value is -2.59. The van der Waals surface area contributed by atoms with Gasteiger partial charge in [0.25, 0.3) is 0 Å². The Bertz CT molecular complexity index is 797. The fraction of sp³-hybridized carbons (Fsp3) is 0. The van der Waals surface area contributed by atoms with Gasteiger partial charge in [-0.05, 0) is 30.3 Å². The molecule has 1 aromatic heterocycles. The van der Waals surface area contributed by atoms with Crippen LogP contribution in [-0.4, -0.2) is 20.9 Å². The fourth-order valence-electron chi connectivity index (χ4n) is 2.15. The molecule has 0 bridgehead atoms. The van der Waals surface area contributed by atoms with Crippen molar-refractivity contribution >= 4 is 17.6 Å². The molecule has 0 fully saturated rings.